The summed E-state index contributed by atoms with van der Waals surface area (Å²) >= 11 is 0. The number of pyridine rings is 1. The fraction of sp³-hybridized carbons (Fsp3) is 0.310. The molecule has 2 aromatic heterocycles. The highest BCUT2D eigenvalue weighted by molar-refractivity contribution is 5.48. The van der Waals surface area contributed by atoms with Crippen LogP contribution < -0.4 is 26.3 Å². The summed E-state index contributed by atoms with van der Waals surface area (Å²) in [5.74, 6) is 1.49. The number of hydrogen-bond donors (Lipinski definition) is 1. The van der Waals surface area contributed by atoms with Crippen molar-refractivity contribution in [1.29, 1.82) is 0 Å². The second-order valence-electron chi connectivity index (χ2n) is 9.50. The van der Waals surface area contributed by atoms with Crippen LogP contribution in [0, 0.1) is 5.82 Å². The number of anilines is 2. The van der Waals surface area contributed by atoms with Gasteiger partial charge in [-0.1, -0.05) is 30.3 Å². The molecule has 1 aliphatic heterocycles. The number of halogens is 1. The minimum absolute atomic E-state index is 0.0112. The summed E-state index contributed by atoms with van der Waals surface area (Å²) in [6.07, 6.45) is 4.77. The molecule has 0 aliphatic carbocycles. The molecule has 0 radical (unpaired) electrons. The first-order valence-electron chi connectivity index (χ1n) is 13.0. The Morgan fingerprint density at radius 2 is 1.59 bits per heavy atom. The third-order valence-corrected chi connectivity index (χ3v) is 6.85. The molecule has 0 atom stereocenters. The Hall–Kier alpha value is -4.47. The van der Waals surface area contributed by atoms with Crippen LogP contribution in [0.25, 0.3) is 0 Å². The molecule has 0 spiro atoms. The van der Waals surface area contributed by atoms with E-state index in [2.05, 4.69) is 26.3 Å². The average Bonchev–Trinajstić information content (AvgIpc) is 3.50. The Labute approximate surface area is 225 Å². The van der Waals surface area contributed by atoms with E-state index in [0.717, 1.165) is 47.4 Å². The summed E-state index contributed by atoms with van der Waals surface area (Å²) in [5, 5.41) is 3.22. The molecule has 3 heterocycles. The monoisotopic (exact) mass is 530 g/mol. The molecule has 0 saturated carbocycles. The molecule has 10 heteroatoms. The van der Waals surface area contributed by atoms with Crippen molar-refractivity contribution in [3.8, 4) is 5.75 Å². The molecular weight excluding hydrogens is 499 g/mol. The van der Waals surface area contributed by atoms with Crippen molar-refractivity contribution < 1.29 is 9.13 Å². The number of methoxy groups -OCH3 is 1. The maximum Gasteiger partial charge on any atom is 0.355 e. The molecule has 0 bridgehead atoms. The van der Waals surface area contributed by atoms with Gasteiger partial charge in [-0.25, -0.2) is 23.5 Å². The van der Waals surface area contributed by atoms with Gasteiger partial charge in [-0.2, -0.15) is 4.98 Å². The topological polar surface area (TPSA) is 94.3 Å². The largest absolute Gasteiger partial charge is 0.497 e. The summed E-state index contributed by atoms with van der Waals surface area (Å²) in [7, 11) is 1.59. The minimum Gasteiger partial charge on any atom is -0.497 e. The smallest absolute Gasteiger partial charge is 0.355 e. The Bertz CT molecular complexity index is 1530. The molecule has 1 N–H and O–H groups in total. The lowest BCUT2D eigenvalue weighted by Crippen LogP contribution is -2.43. The highest BCUT2D eigenvalue weighted by Crippen LogP contribution is 2.22. The van der Waals surface area contributed by atoms with E-state index in [-0.39, 0.29) is 24.9 Å². The zero-order valence-corrected chi connectivity index (χ0v) is 21.8. The molecule has 4 aromatic rings. The van der Waals surface area contributed by atoms with Crippen LogP contribution in [0.5, 0.6) is 5.75 Å². The summed E-state index contributed by atoms with van der Waals surface area (Å²) in [6.45, 7) is 2.64. The van der Waals surface area contributed by atoms with Crippen molar-refractivity contribution in [3.05, 3.63) is 110 Å². The number of nitrogens with one attached hydrogen (secondary N) is 1. The van der Waals surface area contributed by atoms with Crippen LogP contribution in [0.4, 0.5) is 16.2 Å². The van der Waals surface area contributed by atoms with Gasteiger partial charge < -0.3 is 15.0 Å². The lowest BCUT2D eigenvalue weighted by Gasteiger charge is -2.20. The van der Waals surface area contributed by atoms with E-state index >= 15 is 0 Å². The van der Waals surface area contributed by atoms with E-state index < -0.39 is 11.4 Å². The van der Waals surface area contributed by atoms with Gasteiger partial charge in [-0.05, 0) is 66.3 Å². The van der Waals surface area contributed by atoms with Crippen LogP contribution in [0.1, 0.15) is 29.5 Å². The number of rotatable bonds is 10. The van der Waals surface area contributed by atoms with Gasteiger partial charge in [0.2, 0.25) is 5.95 Å². The maximum atomic E-state index is 13.6. The molecule has 1 aliphatic rings. The maximum absolute atomic E-state index is 13.6. The van der Waals surface area contributed by atoms with E-state index in [1.54, 1.807) is 25.4 Å². The molecule has 0 amide bonds. The highest BCUT2D eigenvalue weighted by Gasteiger charge is 2.18. The van der Waals surface area contributed by atoms with Crippen LogP contribution in [-0.2, 0) is 19.5 Å². The summed E-state index contributed by atoms with van der Waals surface area (Å²) in [4.78, 5) is 37.7. The van der Waals surface area contributed by atoms with Gasteiger partial charge in [0, 0.05) is 25.8 Å². The fourth-order valence-electron chi connectivity index (χ4n) is 4.78. The molecule has 2 aromatic carbocycles. The zero-order chi connectivity index (χ0) is 27.2. The van der Waals surface area contributed by atoms with Crippen molar-refractivity contribution in [3.63, 3.8) is 0 Å². The van der Waals surface area contributed by atoms with Gasteiger partial charge in [0.05, 0.1) is 20.2 Å². The first-order valence-corrected chi connectivity index (χ1v) is 13.0. The Morgan fingerprint density at radius 1 is 0.923 bits per heavy atom. The van der Waals surface area contributed by atoms with E-state index in [1.807, 2.05) is 30.3 Å². The van der Waals surface area contributed by atoms with Gasteiger partial charge in [0.25, 0.3) is 0 Å². The molecule has 1 saturated heterocycles. The van der Waals surface area contributed by atoms with Crippen LogP contribution in [0.2, 0.25) is 0 Å². The normalized spacial score (nSPS) is 13.0. The second-order valence-corrected chi connectivity index (χ2v) is 9.50. The predicted molar refractivity (Wildman–Crippen MR) is 148 cm³/mol. The van der Waals surface area contributed by atoms with E-state index in [1.165, 1.54) is 16.7 Å². The second kappa shape index (κ2) is 11.9. The van der Waals surface area contributed by atoms with Gasteiger partial charge in [0.15, 0.2) is 0 Å². The highest BCUT2D eigenvalue weighted by atomic mass is 19.1. The van der Waals surface area contributed by atoms with Crippen molar-refractivity contribution in [2.75, 3.05) is 37.0 Å². The first kappa shape index (κ1) is 26.1. The van der Waals surface area contributed by atoms with Crippen LogP contribution in [0.15, 0.2) is 76.4 Å². The third kappa shape index (κ3) is 6.17. The Morgan fingerprint density at radius 3 is 2.28 bits per heavy atom. The van der Waals surface area contributed by atoms with Gasteiger partial charge in [-0.3, -0.25) is 4.57 Å². The summed E-state index contributed by atoms with van der Waals surface area (Å²) in [5.41, 5.74) is 1.40. The number of nitrogens with zero attached hydrogens (tertiary/aromatic N) is 5. The first-order chi connectivity index (χ1) is 19.0. The number of benzene rings is 2. The molecule has 1 fully saturated rings. The van der Waals surface area contributed by atoms with E-state index in [0.29, 0.717) is 24.3 Å². The summed E-state index contributed by atoms with van der Waals surface area (Å²) < 4.78 is 21.1. The lowest BCUT2D eigenvalue weighted by atomic mass is 10.2. The molecular formula is C29H31FN6O3. The molecule has 202 valence electrons. The van der Waals surface area contributed by atoms with Crippen molar-refractivity contribution >= 4 is 11.8 Å². The van der Waals surface area contributed by atoms with Crippen molar-refractivity contribution in [2.45, 2.75) is 32.4 Å². The number of aromatic nitrogens is 4. The average molecular weight is 531 g/mol. The fourth-order valence-corrected chi connectivity index (χ4v) is 4.78. The van der Waals surface area contributed by atoms with Gasteiger partial charge >= 0.3 is 11.4 Å². The molecule has 0 unspecified atom stereocenters. The van der Waals surface area contributed by atoms with Crippen molar-refractivity contribution in [2.24, 2.45) is 0 Å². The Kier molecular flexibility index (Phi) is 8.00. The summed E-state index contributed by atoms with van der Waals surface area (Å²) in [6, 6.07) is 17.0. The Balaban J connectivity index is 1.42. The van der Waals surface area contributed by atoms with E-state index in [9.17, 15) is 14.0 Å². The molecule has 9 nitrogen and oxygen atoms in total. The van der Waals surface area contributed by atoms with Gasteiger partial charge in [-0.15, -0.1) is 0 Å². The van der Waals surface area contributed by atoms with Crippen LogP contribution in [-0.4, -0.2) is 45.8 Å². The van der Waals surface area contributed by atoms with E-state index in [4.69, 9.17) is 4.74 Å². The number of hydrogen-bond acceptors (Lipinski definition) is 7. The zero-order valence-electron chi connectivity index (χ0n) is 21.8. The van der Waals surface area contributed by atoms with Crippen LogP contribution >= 0.6 is 0 Å². The van der Waals surface area contributed by atoms with Crippen LogP contribution in [0.3, 0.4) is 0 Å². The third-order valence-electron chi connectivity index (χ3n) is 6.85. The SMILES string of the molecule is COc1ccc(Cn2c(NCCc3cccnc3N3CCCC3)nc(=O)n(Cc3ccc(F)cc3)c2=O)cc1. The molecule has 5 rings (SSSR count). The lowest BCUT2D eigenvalue weighted by molar-refractivity contribution is 0.414. The van der Waals surface area contributed by atoms with Crippen molar-refractivity contribution in [1.82, 2.24) is 19.1 Å². The number of ether oxygens (including phenoxy) is 1. The predicted octanol–water partition coefficient (Wildman–Crippen LogP) is 3.30. The van der Waals surface area contributed by atoms with Gasteiger partial charge in [0.1, 0.15) is 17.4 Å². The molecule has 39 heavy (non-hydrogen) atoms. The standard InChI is InChI=1S/C29H31FN6O3/c1-39-25-12-8-22(9-13-25)19-35-27(32-16-14-23-5-4-15-31-26(23)34-17-2-3-18-34)33-28(37)36(29(35)38)20-21-6-10-24(30)11-7-21/h4-13,15H,2-3,14,16-20H2,1H3,(H,32,33,37). The quantitative estimate of drug-likeness (QED) is 0.336. The minimum atomic E-state index is -0.670.